The Kier molecular flexibility index (Phi) is 8.43. The van der Waals surface area contributed by atoms with E-state index in [0.29, 0.717) is 12.4 Å². The molecule has 2 aromatic carbocycles. The van der Waals surface area contributed by atoms with Crippen molar-refractivity contribution in [3.63, 3.8) is 0 Å². The monoisotopic (exact) mass is 564 g/mol. The SMILES string of the molecule is CCCCc1nc(CCc2ccccc2)nn1Cc1ccc(-n2c(C(C)(C)C)cc(C(C)(C)C)c2-c2nn[nH]n2)cc1. The number of unbranched alkanes of at least 4 members (excludes halogenated alkanes) is 1. The third-order valence-corrected chi connectivity index (χ3v) is 7.69. The number of nitrogens with zero attached hydrogens (tertiary/aromatic N) is 7. The Labute approximate surface area is 249 Å². The van der Waals surface area contributed by atoms with Crippen LogP contribution in [0.5, 0.6) is 0 Å². The maximum Gasteiger partial charge on any atom is 0.221 e. The lowest BCUT2D eigenvalue weighted by Crippen LogP contribution is -2.17. The first-order chi connectivity index (χ1) is 20.0. The Balaban J connectivity index is 1.47. The van der Waals surface area contributed by atoms with Crippen molar-refractivity contribution in [2.75, 3.05) is 0 Å². The molecule has 0 fully saturated rings. The number of nitrogens with one attached hydrogen (secondary N) is 1. The van der Waals surface area contributed by atoms with Crippen LogP contribution in [0, 0.1) is 0 Å². The minimum Gasteiger partial charge on any atom is -0.310 e. The van der Waals surface area contributed by atoms with Gasteiger partial charge in [-0.3, -0.25) is 0 Å². The molecule has 5 aromatic rings. The van der Waals surface area contributed by atoms with Crippen LogP contribution in [0.3, 0.4) is 0 Å². The summed E-state index contributed by atoms with van der Waals surface area (Å²) in [5.74, 6) is 2.59. The second-order valence-electron chi connectivity index (χ2n) is 13.2. The van der Waals surface area contributed by atoms with Gasteiger partial charge >= 0.3 is 0 Å². The van der Waals surface area contributed by atoms with Gasteiger partial charge in [0.25, 0.3) is 0 Å². The number of hydrogen-bond donors (Lipinski definition) is 1. The fraction of sp³-hybridized carbons (Fsp3) is 0.441. The molecule has 0 aliphatic carbocycles. The number of rotatable bonds is 10. The lowest BCUT2D eigenvalue weighted by atomic mass is 9.85. The molecule has 220 valence electrons. The Bertz CT molecular complexity index is 1580. The van der Waals surface area contributed by atoms with Gasteiger partial charge in [0.2, 0.25) is 5.82 Å². The van der Waals surface area contributed by atoms with Gasteiger partial charge in [-0.25, -0.2) is 9.67 Å². The van der Waals surface area contributed by atoms with Crippen LogP contribution < -0.4 is 0 Å². The van der Waals surface area contributed by atoms with Gasteiger partial charge in [0.05, 0.1) is 12.2 Å². The van der Waals surface area contributed by atoms with Gasteiger partial charge in [-0.05, 0) is 58.4 Å². The van der Waals surface area contributed by atoms with Gasteiger partial charge in [-0.15, -0.1) is 10.2 Å². The zero-order valence-corrected chi connectivity index (χ0v) is 26.1. The molecule has 0 saturated carbocycles. The molecule has 3 heterocycles. The van der Waals surface area contributed by atoms with Gasteiger partial charge in [-0.2, -0.15) is 10.3 Å². The molecule has 0 unspecified atom stereocenters. The second kappa shape index (κ2) is 12.0. The molecule has 0 amide bonds. The van der Waals surface area contributed by atoms with E-state index in [4.69, 9.17) is 10.1 Å². The molecular formula is C34H44N8. The maximum atomic E-state index is 4.95. The highest BCUT2D eigenvalue weighted by Crippen LogP contribution is 2.40. The van der Waals surface area contributed by atoms with E-state index in [1.54, 1.807) is 0 Å². The number of benzene rings is 2. The quantitative estimate of drug-likeness (QED) is 0.197. The average Bonchev–Trinajstić information content (AvgIpc) is 3.70. The first-order valence-corrected chi connectivity index (χ1v) is 15.1. The normalized spacial score (nSPS) is 12.3. The van der Waals surface area contributed by atoms with E-state index in [1.807, 2.05) is 0 Å². The highest BCUT2D eigenvalue weighted by molar-refractivity contribution is 5.64. The highest BCUT2D eigenvalue weighted by atomic mass is 15.5. The van der Waals surface area contributed by atoms with Crippen molar-refractivity contribution in [3.8, 4) is 17.2 Å². The first-order valence-electron chi connectivity index (χ1n) is 15.1. The summed E-state index contributed by atoms with van der Waals surface area (Å²) < 4.78 is 4.41. The molecule has 42 heavy (non-hydrogen) atoms. The first kappa shape index (κ1) is 29.4. The number of hydrogen-bond acceptors (Lipinski definition) is 5. The number of tetrazole rings is 1. The summed E-state index contributed by atoms with van der Waals surface area (Å²) in [6.45, 7) is 16.3. The predicted octanol–water partition coefficient (Wildman–Crippen LogP) is 7.02. The summed E-state index contributed by atoms with van der Waals surface area (Å²) in [7, 11) is 0. The molecule has 0 bridgehead atoms. The highest BCUT2D eigenvalue weighted by Gasteiger charge is 2.32. The van der Waals surface area contributed by atoms with Crippen LogP contribution in [-0.2, 0) is 36.6 Å². The van der Waals surface area contributed by atoms with Crippen LogP contribution in [-0.4, -0.2) is 40.0 Å². The lowest BCUT2D eigenvalue weighted by Gasteiger charge is -2.23. The van der Waals surface area contributed by atoms with Gasteiger partial charge in [0.15, 0.2) is 5.82 Å². The van der Waals surface area contributed by atoms with E-state index in [2.05, 4.69) is 139 Å². The van der Waals surface area contributed by atoms with Gasteiger partial charge in [0.1, 0.15) is 5.82 Å². The third kappa shape index (κ3) is 6.53. The van der Waals surface area contributed by atoms with Crippen LogP contribution >= 0.6 is 0 Å². The van der Waals surface area contributed by atoms with Crippen molar-refractivity contribution >= 4 is 0 Å². The van der Waals surface area contributed by atoms with E-state index < -0.39 is 0 Å². The Morgan fingerprint density at radius 1 is 0.810 bits per heavy atom. The van der Waals surface area contributed by atoms with Gasteiger partial charge in [0, 0.05) is 29.6 Å². The van der Waals surface area contributed by atoms with Crippen molar-refractivity contribution < 1.29 is 0 Å². The minimum atomic E-state index is -0.0959. The molecule has 5 rings (SSSR count). The summed E-state index contributed by atoms with van der Waals surface area (Å²) in [5.41, 5.74) is 6.78. The molecule has 0 radical (unpaired) electrons. The number of aromatic nitrogens is 8. The van der Waals surface area contributed by atoms with Crippen molar-refractivity contribution in [3.05, 3.63) is 94.7 Å². The van der Waals surface area contributed by atoms with Gasteiger partial charge in [-0.1, -0.05) is 97.4 Å². The number of aromatic amines is 1. The van der Waals surface area contributed by atoms with E-state index in [9.17, 15) is 0 Å². The summed E-state index contributed by atoms with van der Waals surface area (Å²) >= 11 is 0. The maximum absolute atomic E-state index is 4.95. The van der Waals surface area contributed by atoms with Crippen molar-refractivity contribution in [1.29, 1.82) is 0 Å². The zero-order chi connectivity index (χ0) is 29.9. The minimum absolute atomic E-state index is 0.0916. The fourth-order valence-corrected chi connectivity index (χ4v) is 5.39. The van der Waals surface area contributed by atoms with Crippen LogP contribution in [0.4, 0.5) is 0 Å². The molecular weight excluding hydrogens is 520 g/mol. The topological polar surface area (TPSA) is 90.1 Å². The molecule has 0 spiro atoms. The molecule has 8 nitrogen and oxygen atoms in total. The van der Waals surface area contributed by atoms with E-state index in [0.717, 1.165) is 55.1 Å². The molecule has 0 aliphatic heterocycles. The van der Waals surface area contributed by atoms with Crippen LogP contribution in [0.2, 0.25) is 0 Å². The van der Waals surface area contributed by atoms with Crippen molar-refractivity contribution in [2.24, 2.45) is 0 Å². The van der Waals surface area contributed by atoms with Crippen molar-refractivity contribution in [2.45, 2.75) is 97.9 Å². The van der Waals surface area contributed by atoms with E-state index in [1.165, 1.54) is 22.4 Å². The predicted molar refractivity (Wildman–Crippen MR) is 168 cm³/mol. The molecule has 0 aliphatic rings. The average molecular weight is 565 g/mol. The lowest BCUT2D eigenvalue weighted by molar-refractivity contribution is 0.556. The van der Waals surface area contributed by atoms with E-state index >= 15 is 0 Å². The Morgan fingerprint density at radius 3 is 2.17 bits per heavy atom. The summed E-state index contributed by atoms with van der Waals surface area (Å²) in [4.78, 5) is 4.95. The summed E-state index contributed by atoms with van der Waals surface area (Å²) in [6.07, 6.45) is 4.96. The molecule has 0 atom stereocenters. The smallest absolute Gasteiger partial charge is 0.221 e. The van der Waals surface area contributed by atoms with Crippen LogP contribution in [0.15, 0.2) is 60.7 Å². The standard InChI is InChI=1S/C34H44N8/c1-8-9-15-30-35-29(21-18-24-13-11-10-12-14-24)38-41(30)23-25-16-19-26(20-17-25)42-28(34(5,6)7)22-27(33(2,3)4)31(42)32-36-39-40-37-32/h10-14,16-17,19-20,22H,8-9,15,18,21,23H2,1-7H3,(H,36,37,39,40). The number of aryl methyl sites for hydroxylation is 3. The van der Waals surface area contributed by atoms with Gasteiger partial charge < -0.3 is 4.57 Å². The molecule has 0 saturated heterocycles. The Hall–Kier alpha value is -4.07. The van der Waals surface area contributed by atoms with E-state index in [-0.39, 0.29) is 10.8 Å². The Morgan fingerprint density at radius 2 is 1.55 bits per heavy atom. The summed E-state index contributed by atoms with van der Waals surface area (Å²) in [6, 6.07) is 21.7. The fourth-order valence-electron chi connectivity index (χ4n) is 5.39. The number of H-pyrrole nitrogens is 1. The molecule has 8 heteroatoms. The molecule has 3 aromatic heterocycles. The van der Waals surface area contributed by atoms with Crippen molar-refractivity contribution in [1.82, 2.24) is 40.0 Å². The van der Waals surface area contributed by atoms with Crippen LogP contribution in [0.1, 0.15) is 95.3 Å². The summed E-state index contributed by atoms with van der Waals surface area (Å²) in [5, 5.41) is 20.3. The molecule has 1 N–H and O–H groups in total. The van der Waals surface area contributed by atoms with Crippen LogP contribution in [0.25, 0.3) is 17.2 Å². The zero-order valence-electron chi connectivity index (χ0n) is 26.1. The second-order valence-corrected chi connectivity index (χ2v) is 13.2. The third-order valence-electron chi connectivity index (χ3n) is 7.69. The largest absolute Gasteiger partial charge is 0.310 e.